The van der Waals surface area contributed by atoms with Crippen LogP contribution < -0.4 is 16.6 Å². The smallest absolute Gasteiger partial charge is 0.299 e. The zero-order chi connectivity index (χ0) is 11.4. The number of nitrogen functional groups attached to an aromatic ring is 1. The van der Waals surface area contributed by atoms with E-state index in [1.54, 1.807) is 6.07 Å². The molecule has 0 unspecified atom stereocenters. The van der Waals surface area contributed by atoms with E-state index in [1.807, 2.05) is 0 Å². The lowest BCUT2D eigenvalue weighted by Gasteiger charge is -2.09. The van der Waals surface area contributed by atoms with Crippen molar-refractivity contribution in [3.8, 4) is 5.75 Å². The minimum atomic E-state index is -0.567. The van der Waals surface area contributed by atoms with Gasteiger partial charge in [0.2, 0.25) is 0 Å². The van der Waals surface area contributed by atoms with Crippen LogP contribution in [0, 0.1) is 10.1 Å². The van der Waals surface area contributed by atoms with E-state index in [0.717, 1.165) is 0 Å². The normalized spacial score (nSPS) is 9.38. The average molecular weight is 229 g/mol. The number of nitro benzene ring substituents is 1. The fourth-order valence-corrected chi connectivity index (χ4v) is 1.40. The van der Waals surface area contributed by atoms with Crippen molar-refractivity contribution in [3.05, 3.63) is 27.8 Å². The number of anilines is 1. The fraction of sp³-hybridized carbons (Fsp3) is 0.333. The van der Waals surface area contributed by atoms with Crippen molar-refractivity contribution in [1.82, 2.24) is 6.15 Å². The van der Waals surface area contributed by atoms with Crippen molar-refractivity contribution < 1.29 is 14.8 Å². The van der Waals surface area contributed by atoms with Gasteiger partial charge < -0.3 is 21.7 Å². The molecule has 1 aromatic rings. The van der Waals surface area contributed by atoms with Crippen LogP contribution in [0.4, 0.5) is 11.4 Å². The minimum absolute atomic E-state index is 0. The number of aliphatic hydroxyl groups is 1. The van der Waals surface area contributed by atoms with Crippen molar-refractivity contribution in [3.63, 3.8) is 0 Å². The van der Waals surface area contributed by atoms with Gasteiger partial charge >= 0.3 is 0 Å². The van der Waals surface area contributed by atoms with Crippen LogP contribution in [-0.2, 0) is 6.42 Å². The standard InChI is InChI=1S/C9H12N2O4.H3N/c1-15-8-3-2-7(10)9(11(13)14)6(8)4-5-12;/h2-3,12H,4-5,10H2,1H3;1H3. The molecule has 0 aliphatic heterocycles. The molecule has 0 heterocycles. The molecule has 0 fully saturated rings. The molecule has 0 bridgehead atoms. The molecule has 0 saturated heterocycles. The molecule has 7 nitrogen and oxygen atoms in total. The van der Waals surface area contributed by atoms with Crippen molar-refractivity contribution in [2.24, 2.45) is 0 Å². The molecule has 0 aromatic heterocycles. The molecule has 0 radical (unpaired) electrons. The zero-order valence-electron chi connectivity index (χ0n) is 8.97. The van der Waals surface area contributed by atoms with Crippen LogP contribution in [0.3, 0.4) is 0 Å². The number of aliphatic hydroxyl groups excluding tert-OH is 1. The maximum absolute atomic E-state index is 10.8. The van der Waals surface area contributed by atoms with Crippen LogP contribution in [0.15, 0.2) is 12.1 Å². The summed E-state index contributed by atoms with van der Waals surface area (Å²) in [7, 11) is 1.41. The van der Waals surface area contributed by atoms with Gasteiger partial charge in [-0.3, -0.25) is 10.1 Å². The Labute approximate surface area is 92.6 Å². The molecular formula is C9H15N3O4. The van der Waals surface area contributed by atoms with Gasteiger partial charge in [-0.2, -0.15) is 0 Å². The highest BCUT2D eigenvalue weighted by atomic mass is 16.6. The summed E-state index contributed by atoms with van der Waals surface area (Å²) >= 11 is 0. The molecule has 0 aliphatic carbocycles. The third-order valence-corrected chi connectivity index (χ3v) is 2.04. The summed E-state index contributed by atoms with van der Waals surface area (Å²) < 4.78 is 4.97. The SMILES string of the molecule is COc1ccc(N)c([N+](=O)[O-])c1CCO.N. The lowest BCUT2D eigenvalue weighted by Crippen LogP contribution is -2.04. The summed E-state index contributed by atoms with van der Waals surface area (Å²) in [4.78, 5) is 10.2. The molecule has 0 saturated carbocycles. The molecular weight excluding hydrogens is 214 g/mol. The number of methoxy groups -OCH3 is 1. The summed E-state index contributed by atoms with van der Waals surface area (Å²) in [6.07, 6.45) is 0.143. The first-order valence-electron chi connectivity index (χ1n) is 4.32. The Hall–Kier alpha value is -1.86. The van der Waals surface area contributed by atoms with Crippen LogP contribution in [0.2, 0.25) is 0 Å². The van der Waals surface area contributed by atoms with Crippen LogP contribution in [0.5, 0.6) is 5.75 Å². The Balaban J connectivity index is 0.00000225. The third kappa shape index (κ3) is 2.59. The van der Waals surface area contributed by atoms with Crippen LogP contribution >= 0.6 is 0 Å². The van der Waals surface area contributed by atoms with Crippen LogP contribution in [0.1, 0.15) is 5.56 Å². The van der Waals surface area contributed by atoms with E-state index < -0.39 is 4.92 Å². The van der Waals surface area contributed by atoms with E-state index in [0.29, 0.717) is 11.3 Å². The molecule has 0 amide bonds. The Bertz CT molecular complexity index is 381. The summed E-state index contributed by atoms with van der Waals surface area (Å²) in [6.45, 7) is -0.194. The van der Waals surface area contributed by atoms with Gasteiger partial charge in [0.25, 0.3) is 5.69 Å². The molecule has 7 heteroatoms. The van der Waals surface area contributed by atoms with E-state index in [-0.39, 0.29) is 30.6 Å². The van der Waals surface area contributed by atoms with E-state index in [9.17, 15) is 10.1 Å². The first-order valence-corrected chi connectivity index (χ1v) is 4.32. The van der Waals surface area contributed by atoms with Crippen molar-refractivity contribution in [1.29, 1.82) is 0 Å². The molecule has 6 N–H and O–H groups in total. The molecule has 16 heavy (non-hydrogen) atoms. The topological polar surface area (TPSA) is 134 Å². The van der Waals surface area contributed by atoms with Gasteiger partial charge in [0, 0.05) is 13.0 Å². The molecule has 0 aliphatic rings. The highest BCUT2D eigenvalue weighted by Gasteiger charge is 2.21. The van der Waals surface area contributed by atoms with Gasteiger partial charge in [-0.15, -0.1) is 0 Å². The zero-order valence-corrected chi connectivity index (χ0v) is 8.97. The Morgan fingerprint density at radius 2 is 2.19 bits per heavy atom. The molecule has 1 rings (SSSR count). The van der Waals surface area contributed by atoms with Gasteiger partial charge in [-0.05, 0) is 12.1 Å². The van der Waals surface area contributed by atoms with Gasteiger partial charge in [-0.25, -0.2) is 0 Å². The van der Waals surface area contributed by atoms with E-state index >= 15 is 0 Å². The molecule has 0 atom stereocenters. The van der Waals surface area contributed by atoms with Gasteiger partial charge in [0.15, 0.2) is 0 Å². The number of benzene rings is 1. The first kappa shape index (κ1) is 14.1. The number of hydrogen-bond donors (Lipinski definition) is 3. The number of nitro groups is 1. The lowest BCUT2D eigenvalue weighted by atomic mass is 10.1. The number of nitrogens with zero attached hydrogens (tertiary/aromatic N) is 1. The second kappa shape index (κ2) is 5.89. The van der Waals surface area contributed by atoms with Crippen molar-refractivity contribution >= 4 is 11.4 Å². The van der Waals surface area contributed by atoms with Gasteiger partial charge in [0.1, 0.15) is 11.4 Å². The van der Waals surface area contributed by atoms with Gasteiger partial charge in [0.05, 0.1) is 17.6 Å². The fourth-order valence-electron chi connectivity index (χ4n) is 1.40. The third-order valence-electron chi connectivity index (χ3n) is 2.04. The van der Waals surface area contributed by atoms with Crippen LogP contribution in [0.25, 0.3) is 0 Å². The summed E-state index contributed by atoms with van der Waals surface area (Å²) in [5, 5.41) is 19.6. The maximum atomic E-state index is 10.8. The molecule has 0 spiro atoms. The number of rotatable bonds is 4. The highest BCUT2D eigenvalue weighted by Crippen LogP contribution is 2.33. The second-order valence-corrected chi connectivity index (χ2v) is 2.91. The predicted molar refractivity (Wildman–Crippen MR) is 59.9 cm³/mol. The summed E-state index contributed by atoms with van der Waals surface area (Å²) in [6, 6.07) is 2.96. The maximum Gasteiger partial charge on any atom is 0.299 e. The molecule has 90 valence electrons. The van der Waals surface area contributed by atoms with Crippen LogP contribution in [-0.4, -0.2) is 23.7 Å². The monoisotopic (exact) mass is 229 g/mol. The van der Waals surface area contributed by atoms with E-state index in [1.165, 1.54) is 13.2 Å². The predicted octanol–water partition coefficient (Wildman–Crippen LogP) is 0.882. The quantitative estimate of drug-likeness (QED) is 0.398. The minimum Gasteiger partial charge on any atom is -0.496 e. The van der Waals surface area contributed by atoms with E-state index in [2.05, 4.69) is 0 Å². The van der Waals surface area contributed by atoms with Crippen molar-refractivity contribution in [2.75, 3.05) is 19.5 Å². The summed E-state index contributed by atoms with van der Waals surface area (Å²) in [5.74, 6) is 0.366. The Morgan fingerprint density at radius 3 is 2.62 bits per heavy atom. The first-order chi connectivity index (χ1) is 7.11. The largest absolute Gasteiger partial charge is 0.496 e. The van der Waals surface area contributed by atoms with Crippen molar-refractivity contribution in [2.45, 2.75) is 6.42 Å². The number of hydrogen-bond acceptors (Lipinski definition) is 6. The highest BCUT2D eigenvalue weighted by molar-refractivity contribution is 5.66. The lowest BCUT2D eigenvalue weighted by molar-refractivity contribution is -0.384. The Morgan fingerprint density at radius 1 is 1.56 bits per heavy atom. The average Bonchev–Trinajstić information content (AvgIpc) is 2.18. The number of nitrogens with two attached hydrogens (primary N) is 1. The second-order valence-electron chi connectivity index (χ2n) is 2.91. The van der Waals surface area contributed by atoms with Gasteiger partial charge in [-0.1, -0.05) is 0 Å². The molecule has 1 aromatic carbocycles. The Kier molecular flexibility index (Phi) is 5.20. The van der Waals surface area contributed by atoms with E-state index in [4.69, 9.17) is 15.6 Å². The summed E-state index contributed by atoms with van der Waals surface area (Å²) in [5.41, 5.74) is 5.70. The number of ether oxygens (including phenoxy) is 1.